The van der Waals surface area contributed by atoms with E-state index in [0.717, 1.165) is 26.2 Å². The number of carbonyl (C=O) groups excluding carboxylic acids is 1. The van der Waals surface area contributed by atoms with Crippen LogP contribution in [0.3, 0.4) is 0 Å². The van der Waals surface area contributed by atoms with Gasteiger partial charge in [0.15, 0.2) is 6.61 Å². The van der Waals surface area contributed by atoms with Gasteiger partial charge in [-0.2, -0.15) is 10.4 Å². The maximum absolute atomic E-state index is 12.0. The topological polar surface area (TPSA) is 89.2 Å². The molecule has 1 aromatic carbocycles. The standard InChI is InChI=1S/C17H18N4O3/c18-9-13-1-3-15(4-2-13)24-12-17(22)20-16-5-7-19-21(16)10-14-6-8-23-11-14/h1-5,7,14H,6,8,10-12H2,(H,20,22)/t14-/m0/s1. The first kappa shape index (κ1) is 16.0. The smallest absolute Gasteiger partial charge is 0.263 e. The molecule has 1 aromatic heterocycles. The maximum Gasteiger partial charge on any atom is 0.263 e. The molecule has 2 aromatic rings. The molecule has 7 nitrogen and oxygen atoms in total. The van der Waals surface area contributed by atoms with Gasteiger partial charge in [-0.3, -0.25) is 4.79 Å². The molecular formula is C17H18N4O3. The molecule has 24 heavy (non-hydrogen) atoms. The number of amides is 1. The van der Waals surface area contributed by atoms with Crippen molar-refractivity contribution in [2.24, 2.45) is 5.92 Å². The van der Waals surface area contributed by atoms with Crippen molar-refractivity contribution in [3.8, 4) is 11.8 Å². The highest BCUT2D eigenvalue weighted by atomic mass is 16.5. The van der Waals surface area contributed by atoms with Crippen LogP contribution in [0.1, 0.15) is 12.0 Å². The number of nitriles is 1. The van der Waals surface area contributed by atoms with Gasteiger partial charge in [0.05, 0.1) is 24.4 Å². The van der Waals surface area contributed by atoms with E-state index in [2.05, 4.69) is 10.4 Å². The van der Waals surface area contributed by atoms with Gasteiger partial charge in [0, 0.05) is 25.1 Å². The molecular weight excluding hydrogens is 308 g/mol. The lowest BCUT2D eigenvalue weighted by Gasteiger charge is -2.12. The first-order valence-electron chi connectivity index (χ1n) is 7.77. The Labute approximate surface area is 139 Å². The minimum atomic E-state index is -0.260. The molecule has 0 saturated carbocycles. The zero-order chi connectivity index (χ0) is 16.8. The SMILES string of the molecule is N#Cc1ccc(OCC(=O)Nc2ccnn2C[C@@H]2CCOC2)cc1. The zero-order valence-corrected chi connectivity index (χ0v) is 13.1. The third-order valence-corrected chi connectivity index (χ3v) is 3.79. The van der Waals surface area contributed by atoms with Crippen LogP contribution >= 0.6 is 0 Å². The third-order valence-electron chi connectivity index (χ3n) is 3.79. The Morgan fingerprint density at radius 3 is 2.96 bits per heavy atom. The van der Waals surface area contributed by atoms with Gasteiger partial charge in [-0.05, 0) is 30.7 Å². The van der Waals surface area contributed by atoms with Crippen LogP contribution in [-0.4, -0.2) is 35.5 Å². The number of rotatable bonds is 6. The maximum atomic E-state index is 12.0. The largest absolute Gasteiger partial charge is 0.484 e. The van der Waals surface area contributed by atoms with Gasteiger partial charge in [-0.25, -0.2) is 4.68 Å². The van der Waals surface area contributed by atoms with Crippen molar-refractivity contribution < 1.29 is 14.3 Å². The minimum absolute atomic E-state index is 0.108. The van der Waals surface area contributed by atoms with Crippen molar-refractivity contribution in [1.29, 1.82) is 5.26 Å². The first-order chi connectivity index (χ1) is 11.7. The highest BCUT2D eigenvalue weighted by molar-refractivity contribution is 5.91. The number of hydrogen-bond donors (Lipinski definition) is 1. The molecule has 1 aliphatic rings. The predicted octanol–water partition coefficient (Wildman–Crippen LogP) is 1.81. The van der Waals surface area contributed by atoms with Crippen molar-refractivity contribution in [1.82, 2.24) is 9.78 Å². The van der Waals surface area contributed by atoms with Gasteiger partial charge < -0.3 is 14.8 Å². The molecule has 124 valence electrons. The van der Waals surface area contributed by atoms with Gasteiger partial charge in [-0.1, -0.05) is 0 Å². The molecule has 0 bridgehead atoms. The van der Waals surface area contributed by atoms with Gasteiger partial charge in [0.2, 0.25) is 0 Å². The monoisotopic (exact) mass is 326 g/mol. The summed E-state index contributed by atoms with van der Waals surface area (Å²) in [6.07, 6.45) is 2.67. The van der Waals surface area contributed by atoms with Crippen LogP contribution in [0.15, 0.2) is 36.5 Å². The van der Waals surface area contributed by atoms with E-state index in [1.165, 1.54) is 0 Å². The van der Waals surface area contributed by atoms with Crippen LogP contribution in [0.5, 0.6) is 5.75 Å². The summed E-state index contributed by atoms with van der Waals surface area (Å²) in [6, 6.07) is 10.4. The van der Waals surface area contributed by atoms with Gasteiger partial charge in [-0.15, -0.1) is 0 Å². The van der Waals surface area contributed by atoms with Crippen LogP contribution in [0.2, 0.25) is 0 Å². The molecule has 1 saturated heterocycles. The number of nitrogens with zero attached hydrogens (tertiary/aromatic N) is 3. The third kappa shape index (κ3) is 4.12. The Morgan fingerprint density at radius 2 is 2.25 bits per heavy atom. The van der Waals surface area contributed by atoms with Crippen molar-refractivity contribution in [2.75, 3.05) is 25.1 Å². The van der Waals surface area contributed by atoms with Crippen LogP contribution < -0.4 is 10.1 Å². The summed E-state index contributed by atoms with van der Waals surface area (Å²) in [7, 11) is 0. The van der Waals surface area contributed by atoms with E-state index in [1.807, 2.05) is 6.07 Å². The predicted molar refractivity (Wildman–Crippen MR) is 86.4 cm³/mol. The van der Waals surface area contributed by atoms with Crippen molar-refractivity contribution in [3.05, 3.63) is 42.1 Å². The van der Waals surface area contributed by atoms with Crippen molar-refractivity contribution in [3.63, 3.8) is 0 Å². The van der Waals surface area contributed by atoms with Crippen LogP contribution in [0.25, 0.3) is 0 Å². The molecule has 1 amide bonds. The summed E-state index contributed by atoms with van der Waals surface area (Å²) in [5, 5.41) is 15.8. The fourth-order valence-electron chi connectivity index (χ4n) is 2.51. The molecule has 0 aliphatic carbocycles. The molecule has 1 atom stereocenters. The highest BCUT2D eigenvalue weighted by Crippen LogP contribution is 2.17. The lowest BCUT2D eigenvalue weighted by Crippen LogP contribution is -2.23. The van der Waals surface area contributed by atoms with Gasteiger partial charge in [0.1, 0.15) is 11.6 Å². The van der Waals surface area contributed by atoms with E-state index < -0.39 is 0 Å². The van der Waals surface area contributed by atoms with Crippen LogP contribution in [0.4, 0.5) is 5.82 Å². The summed E-state index contributed by atoms with van der Waals surface area (Å²) < 4.78 is 12.6. The number of nitrogens with one attached hydrogen (secondary N) is 1. The second-order valence-corrected chi connectivity index (χ2v) is 5.60. The quantitative estimate of drug-likeness (QED) is 0.874. The number of anilines is 1. The molecule has 7 heteroatoms. The zero-order valence-electron chi connectivity index (χ0n) is 13.1. The van der Waals surface area contributed by atoms with E-state index in [1.54, 1.807) is 41.2 Å². The van der Waals surface area contributed by atoms with Gasteiger partial charge in [0.25, 0.3) is 5.91 Å². The van der Waals surface area contributed by atoms with E-state index in [0.29, 0.717) is 23.0 Å². The number of benzene rings is 1. The van der Waals surface area contributed by atoms with E-state index in [9.17, 15) is 4.79 Å². The molecule has 2 heterocycles. The Hall–Kier alpha value is -2.85. The lowest BCUT2D eigenvalue weighted by atomic mass is 10.1. The first-order valence-corrected chi connectivity index (χ1v) is 7.77. The second kappa shape index (κ2) is 7.62. The Bertz CT molecular complexity index is 727. The number of hydrogen-bond acceptors (Lipinski definition) is 5. The van der Waals surface area contributed by atoms with Crippen LogP contribution in [0, 0.1) is 17.2 Å². The van der Waals surface area contributed by atoms with E-state index >= 15 is 0 Å². The molecule has 1 N–H and O–H groups in total. The molecule has 1 fully saturated rings. The minimum Gasteiger partial charge on any atom is -0.484 e. The van der Waals surface area contributed by atoms with Crippen molar-refractivity contribution in [2.45, 2.75) is 13.0 Å². The van der Waals surface area contributed by atoms with Gasteiger partial charge >= 0.3 is 0 Å². The molecule has 0 spiro atoms. The number of carbonyl (C=O) groups is 1. The molecule has 0 unspecified atom stereocenters. The average molecular weight is 326 g/mol. The van der Waals surface area contributed by atoms with Crippen LogP contribution in [-0.2, 0) is 16.1 Å². The van der Waals surface area contributed by atoms with E-state index in [-0.39, 0.29) is 12.5 Å². The Morgan fingerprint density at radius 1 is 1.42 bits per heavy atom. The summed E-state index contributed by atoms with van der Waals surface area (Å²) >= 11 is 0. The lowest BCUT2D eigenvalue weighted by molar-refractivity contribution is -0.118. The number of aromatic nitrogens is 2. The summed E-state index contributed by atoms with van der Waals surface area (Å²) in [5.74, 6) is 1.36. The average Bonchev–Trinajstić information content (AvgIpc) is 3.26. The fourth-order valence-corrected chi connectivity index (χ4v) is 2.51. The molecule has 0 radical (unpaired) electrons. The molecule has 1 aliphatic heterocycles. The number of ether oxygens (including phenoxy) is 2. The normalized spacial score (nSPS) is 16.5. The summed E-state index contributed by atoms with van der Waals surface area (Å²) in [6.45, 7) is 2.13. The second-order valence-electron chi connectivity index (χ2n) is 5.60. The van der Waals surface area contributed by atoms with Crippen molar-refractivity contribution >= 4 is 11.7 Å². The molecule has 3 rings (SSSR count). The van der Waals surface area contributed by atoms with E-state index in [4.69, 9.17) is 14.7 Å². The fraction of sp³-hybridized carbons (Fsp3) is 0.353. The Kier molecular flexibility index (Phi) is 5.08. The Balaban J connectivity index is 1.51. The summed E-state index contributed by atoms with van der Waals surface area (Å²) in [4.78, 5) is 12.0. The summed E-state index contributed by atoms with van der Waals surface area (Å²) in [5.41, 5.74) is 0.548. The highest BCUT2D eigenvalue weighted by Gasteiger charge is 2.18.